The summed E-state index contributed by atoms with van der Waals surface area (Å²) >= 11 is 1.57. The second-order valence-corrected chi connectivity index (χ2v) is 6.50. The number of benzene rings is 1. The van der Waals surface area contributed by atoms with Crippen molar-refractivity contribution in [1.82, 2.24) is 9.80 Å². The number of thioether (sulfide) groups is 1. The van der Waals surface area contributed by atoms with Gasteiger partial charge in [-0.05, 0) is 23.8 Å². The fourth-order valence-corrected chi connectivity index (χ4v) is 3.43. The molecule has 1 saturated heterocycles. The summed E-state index contributed by atoms with van der Waals surface area (Å²) in [6.45, 7) is 0. The van der Waals surface area contributed by atoms with Crippen molar-refractivity contribution in [3.05, 3.63) is 41.5 Å². The maximum Gasteiger partial charge on any atom is 0.337 e. The van der Waals surface area contributed by atoms with Gasteiger partial charge in [-0.15, -0.1) is 11.8 Å². The lowest BCUT2D eigenvalue weighted by Gasteiger charge is -2.24. The number of esters is 1. The predicted molar refractivity (Wildman–Crippen MR) is 93.5 cm³/mol. The minimum Gasteiger partial charge on any atom is -0.465 e. The highest BCUT2D eigenvalue weighted by Crippen LogP contribution is 2.22. The number of hydrogen-bond donors (Lipinski definition) is 0. The van der Waals surface area contributed by atoms with Crippen LogP contribution < -0.4 is 0 Å². The maximum atomic E-state index is 12.4. The molecule has 1 aromatic rings. The number of likely N-dealkylation sites (N-methyl/N-ethyl adjacent to an activating group) is 1. The van der Waals surface area contributed by atoms with Crippen LogP contribution in [0.15, 0.2) is 30.3 Å². The van der Waals surface area contributed by atoms with Crippen LogP contribution >= 0.6 is 11.8 Å². The Labute approximate surface area is 145 Å². The third-order valence-corrected chi connectivity index (χ3v) is 4.65. The topological polar surface area (TPSA) is 66.9 Å². The van der Waals surface area contributed by atoms with Crippen molar-refractivity contribution in [2.24, 2.45) is 0 Å². The number of nitrogens with zero attached hydrogens (tertiary/aromatic N) is 2. The molecule has 2 amide bonds. The van der Waals surface area contributed by atoms with Crippen molar-refractivity contribution in [3.63, 3.8) is 0 Å². The molecule has 0 saturated carbocycles. The molecule has 6 nitrogen and oxygen atoms in total. The minimum absolute atomic E-state index is 0.0656. The van der Waals surface area contributed by atoms with E-state index in [0.717, 1.165) is 5.56 Å². The Kier molecular flexibility index (Phi) is 6.03. The first-order valence-electron chi connectivity index (χ1n) is 7.40. The lowest BCUT2D eigenvalue weighted by atomic mass is 10.1. The van der Waals surface area contributed by atoms with Crippen LogP contribution in [0.2, 0.25) is 0 Å². The Morgan fingerprint density at radius 2 is 1.92 bits per heavy atom. The quantitative estimate of drug-likeness (QED) is 0.609. The van der Waals surface area contributed by atoms with Crippen LogP contribution in [0, 0.1) is 0 Å². The lowest BCUT2D eigenvalue weighted by molar-refractivity contribution is -0.139. The first-order chi connectivity index (χ1) is 11.4. The van der Waals surface area contributed by atoms with Crippen molar-refractivity contribution in [2.75, 3.05) is 32.8 Å². The Hall–Kier alpha value is -2.28. The number of amides is 2. The maximum absolute atomic E-state index is 12.4. The van der Waals surface area contributed by atoms with Gasteiger partial charge in [-0.1, -0.05) is 12.1 Å². The van der Waals surface area contributed by atoms with Crippen LogP contribution in [0.25, 0.3) is 6.08 Å². The van der Waals surface area contributed by atoms with E-state index < -0.39 is 12.0 Å². The summed E-state index contributed by atoms with van der Waals surface area (Å²) in [6.07, 6.45) is 3.12. The summed E-state index contributed by atoms with van der Waals surface area (Å²) in [5.41, 5.74) is 1.24. The van der Waals surface area contributed by atoms with E-state index in [2.05, 4.69) is 4.74 Å². The summed E-state index contributed by atoms with van der Waals surface area (Å²) in [7, 11) is 4.70. The number of carbonyl (C=O) groups is 3. The van der Waals surface area contributed by atoms with Crippen molar-refractivity contribution < 1.29 is 19.1 Å². The molecule has 7 heteroatoms. The van der Waals surface area contributed by atoms with E-state index in [9.17, 15) is 14.4 Å². The molecule has 1 aliphatic rings. The highest BCUT2D eigenvalue weighted by Gasteiger charge is 2.34. The zero-order valence-corrected chi connectivity index (χ0v) is 14.7. The van der Waals surface area contributed by atoms with E-state index in [1.807, 2.05) is 0 Å². The Balaban J connectivity index is 2.04. The monoisotopic (exact) mass is 348 g/mol. The minimum atomic E-state index is -0.413. The molecule has 1 aliphatic heterocycles. The average molecular weight is 348 g/mol. The number of hydrogen-bond acceptors (Lipinski definition) is 5. The molecule has 0 aromatic heterocycles. The van der Waals surface area contributed by atoms with Gasteiger partial charge in [-0.25, -0.2) is 4.79 Å². The zero-order chi connectivity index (χ0) is 17.7. The predicted octanol–water partition coefficient (Wildman–Crippen LogP) is 1.48. The van der Waals surface area contributed by atoms with Gasteiger partial charge in [0.05, 0.1) is 18.6 Å². The fourth-order valence-electron chi connectivity index (χ4n) is 2.27. The Bertz CT molecular complexity index is 655. The molecule has 0 aliphatic carbocycles. The standard InChI is InChI=1S/C17H20N2O4S/c1-18(2)16(21)14-10-24-11-19(14)15(20)9-6-12-4-7-13(8-5-12)17(22)23-3/h4-9,14H,10-11H2,1-3H3/b9-6+. The highest BCUT2D eigenvalue weighted by atomic mass is 32.2. The molecule has 1 heterocycles. The van der Waals surface area contributed by atoms with Gasteiger partial charge in [0.15, 0.2) is 0 Å². The molecule has 0 radical (unpaired) electrons. The first kappa shape index (κ1) is 18.1. The van der Waals surface area contributed by atoms with Gasteiger partial charge >= 0.3 is 5.97 Å². The van der Waals surface area contributed by atoms with Gasteiger partial charge < -0.3 is 14.5 Å². The normalized spacial score (nSPS) is 17.1. The molecule has 1 aromatic carbocycles. The van der Waals surface area contributed by atoms with Crippen molar-refractivity contribution in [1.29, 1.82) is 0 Å². The van der Waals surface area contributed by atoms with Crippen LogP contribution in [0.1, 0.15) is 15.9 Å². The Morgan fingerprint density at radius 3 is 2.50 bits per heavy atom. The van der Waals surface area contributed by atoms with E-state index in [-0.39, 0.29) is 11.8 Å². The molecule has 0 N–H and O–H groups in total. The number of ether oxygens (including phenoxy) is 1. The van der Waals surface area contributed by atoms with Gasteiger partial charge in [-0.3, -0.25) is 9.59 Å². The van der Waals surface area contributed by atoms with E-state index >= 15 is 0 Å². The second kappa shape index (κ2) is 8.01. The summed E-state index contributed by atoms with van der Waals surface area (Å²) < 4.78 is 4.64. The average Bonchev–Trinajstić information content (AvgIpc) is 3.08. The molecule has 128 valence electrons. The fraction of sp³-hybridized carbons (Fsp3) is 0.353. The summed E-state index contributed by atoms with van der Waals surface area (Å²) in [4.78, 5) is 38.9. The SMILES string of the molecule is COC(=O)c1ccc(/C=C/C(=O)N2CSCC2C(=O)N(C)C)cc1. The van der Waals surface area contributed by atoms with E-state index in [4.69, 9.17) is 0 Å². The molecular formula is C17H20N2O4S. The molecular weight excluding hydrogens is 328 g/mol. The van der Waals surface area contributed by atoms with E-state index in [1.165, 1.54) is 18.1 Å². The van der Waals surface area contributed by atoms with Gasteiger partial charge in [0.25, 0.3) is 0 Å². The largest absolute Gasteiger partial charge is 0.465 e. The summed E-state index contributed by atoms with van der Waals surface area (Å²) in [5.74, 6) is 0.459. The molecule has 1 unspecified atom stereocenters. The Morgan fingerprint density at radius 1 is 1.25 bits per heavy atom. The van der Waals surface area contributed by atoms with E-state index in [1.54, 1.807) is 61.1 Å². The van der Waals surface area contributed by atoms with Gasteiger partial charge in [0.2, 0.25) is 11.8 Å². The molecule has 1 atom stereocenters. The third kappa shape index (κ3) is 4.17. The molecule has 0 spiro atoms. The zero-order valence-electron chi connectivity index (χ0n) is 13.9. The van der Waals surface area contributed by atoms with Gasteiger partial charge in [0.1, 0.15) is 6.04 Å². The van der Waals surface area contributed by atoms with Crippen LogP contribution in [0.5, 0.6) is 0 Å². The molecule has 1 fully saturated rings. The van der Waals surface area contributed by atoms with E-state index in [0.29, 0.717) is 17.2 Å². The molecule has 2 rings (SSSR count). The number of rotatable bonds is 4. The smallest absolute Gasteiger partial charge is 0.337 e. The van der Waals surface area contributed by atoms with Crippen LogP contribution in [0.4, 0.5) is 0 Å². The lowest BCUT2D eigenvalue weighted by Crippen LogP contribution is -2.46. The van der Waals surface area contributed by atoms with Crippen LogP contribution in [0.3, 0.4) is 0 Å². The number of carbonyl (C=O) groups excluding carboxylic acids is 3. The van der Waals surface area contributed by atoms with Crippen LogP contribution in [-0.4, -0.2) is 66.5 Å². The number of methoxy groups -OCH3 is 1. The highest BCUT2D eigenvalue weighted by molar-refractivity contribution is 7.99. The summed E-state index contributed by atoms with van der Waals surface area (Å²) in [5, 5.41) is 0. The first-order valence-corrected chi connectivity index (χ1v) is 8.55. The van der Waals surface area contributed by atoms with Crippen molar-refractivity contribution >= 4 is 35.6 Å². The van der Waals surface area contributed by atoms with Gasteiger partial charge in [-0.2, -0.15) is 0 Å². The van der Waals surface area contributed by atoms with Crippen molar-refractivity contribution in [3.8, 4) is 0 Å². The van der Waals surface area contributed by atoms with Crippen LogP contribution in [-0.2, 0) is 14.3 Å². The second-order valence-electron chi connectivity index (χ2n) is 5.50. The molecule has 0 bridgehead atoms. The molecule has 24 heavy (non-hydrogen) atoms. The summed E-state index contributed by atoms with van der Waals surface area (Å²) in [6, 6.07) is 6.33. The van der Waals surface area contributed by atoms with Crippen molar-refractivity contribution in [2.45, 2.75) is 6.04 Å². The van der Waals surface area contributed by atoms with Gasteiger partial charge in [0, 0.05) is 25.9 Å². The third-order valence-electron chi connectivity index (χ3n) is 3.64.